The normalized spacial score (nSPS) is 13.3. The topological polar surface area (TPSA) is 103 Å². The van der Waals surface area contributed by atoms with E-state index in [1.807, 2.05) is 0 Å². The van der Waals surface area contributed by atoms with Crippen LogP contribution in [-0.2, 0) is 10.0 Å². The Bertz CT molecular complexity index is 549. The Morgan fingerprint density at radius 1 is 1.56 bits per heavy atom. The van der Waals surface area contributed by atoms with Gasteiger partial charge in [-0.3, -0.25) is 0 Å². The SMILES string of the molecule is CC(C)[C@@H](CO)NS(=O)(=O)c1cccnc1C#N. The molecule has 0 spiro atoms. The molecular weight excluding hydrogens is 254 g/mol. The molecule has 2 N–H and O–H groups in total. The molecule has 0 radical (unpaired) electrons. The van der Waals surface area contributed by atoms with Crippen LogP contribution in [0.5, 0.6) is 0 Å². The van der Waals surface area contributed by atoms with Crippen LogP contribution >= 0.6 is 0 Å². The molecule has 1 aromatic heterocycles. The van der Waals surface area contributed by atoms with Crippen LogP contribution in [0.2, 0.25) is 0 Å². The Morgan fingerprint density at radius 2 is 2.22 bits per heavy atom. The zero-order valence-corrected chi connectivity index (χ0v) is 11.0. The maximum absolute atomic E-state index is 12.1. The number of aromatic nitrogens is 1. The van der Waals surface area contributed by atoms with Crippen LogP contribution in [0.4, 0.5) is 0 Å². The standard InChI is InChI=1S/C11H15N3O3S/c1-8(2)10(7-15)14-18(16,17)11-4-3-5-13-9(11)6-12/h3-5,8,10,14-15H,7H2,1-2H3/t10-/m1/s1. The first-order valence-corrected chi connectivity index (χ1v) is 6.89. The largest absolute Gasteiger partial charge is 0.395 e. The number of pyridine rings is 1. The summed E-state index contributed by atoms with van der Waals surface area (Å²) >= 11 is 0. The number of nitrogens with zero attached hydrogens (tertiary/aromatic N) is 2. The van der Waals surface area contributed by atoms with Gasteiger partial charge in [0.1, 0.15) is 11.0 Å². The van der Waals surface area contributed by atoms with Gasteiger partial charge >= 0.3 is 0 Å². The second-order valence-corrected chi connectivity index (χ2v) is 5.80. The maximum Gasteiger partial charge on any atom is 0.243 e. The van der Waals surface area contributed by atoms with Crippen LogP contribution in [0.1, 0.15) is 19.5 Å². The summed E-state index contributed by atoms with van der Waals surface area (Å²) in [5, 5.41) is 18.0. The zero-order chi connectivity index (χ0) is 13.8. The number of nitrogens with one attached hydrogen (secondary N) is 1. The van der Waals surface area contributed by atoms with E-state index in [1.165, 1.54) is 18.3 Å². The van der Waals surface area contributed by atoms with Gasteiger partial charge in [-0.1, -0.05) is 13.8 Å². The van der Waals surface area contributed by atoms with Crippen molar-refractivity contribution in [3.05, 3.63) is 24.0 Å². The van der Waals surface area contributed by atoms with Crippen LogP contribution < -0.4 is 4.72 Å². The molecule has 0 saturated heterocycles. The number of aliphatic hydroxyl groups is 1. The van der Waals surface area contributed by atoms with Crippen molar-refractivity contribution in [3.8, 4) is 6.07 Å². The first kappa shape index (κ1) is 14.6. The second kappa shape index (κ2) is 5.91. The molecule has 0 saturated carbocycles. The average Bonchev–Trinajstić information content (AvgIpc) is 2.35. The van der Waals surface area contributed by atoms with E-state index >= 15 is 0 Å². The molecule has 0 unspecified atom stereocenters. The number of hydrogen-bond acceptors (Lipinski definition) is 5. The molecule has 1 heterocycles. The molecular formula is C11H15N3O3S. The van der Waals surface area contributed by atoms with E-state index in [0.29, 0.717) is 0 Å². The highest BCUT2D eigenvalue weighted by atomic mass is 32.2. The predicted octanol–water partition coefficient (Wildman–Crippen LogP) is 0.248. The third-order valence-electron chi connectivity index (χ3n) is 2.47. The minimum atomic E-state index is -3.85. The average molecular weight is 269 g/mol. The Morgan fingerprint density at radius 3 is 2.72 bits per heavy atom. The molecule has 0 aliphatic carbocycles. The van der Waals surface area contributed by atoms with Crippen molar-refractivity contribution in [1.82, 2.24) is 9.71 Å². The van der Waals surface area contributed by atoms with Crippen molar-refractivity contribution >= 4 is 10.0 Å². The van der Waals surface area contributed by atoms with Crippen molar-refractivity contribution in [2.75, 3.05) is 6.61 Å². The van der Waals surface area contributed by atoms with Gasteiger partial charge in [0.25, 0.3) is 0 Å². The molecule has 0 amide bonds. The Balaban J connectivity index is 3.11. The summed E-state index contributed by atoms with van der Waals surface area (Å²) in [5.74, 6) is -0.0630. The minimum absolute atomic E-state index is 0.0630. The summed E-state index contributed by atoms with van der Waals surface area (Å²) in [5.41, 5.74) is -0.162. The quantitative estimate of drug-likeness (QED) is 0.797. The fourth-order valence-corrected chi connectivity index (χ4v) is 2.82. The molecule has 1 rings (SSSR count). The second-order valence-electron chi connectivity index (χ2n) is 4.12. The van der Waals surface area contributed by atoms with Crippen LogP contribution in [0.3, 0.4) is 0 Å². The Hall–Kier alpha value is -1.49. The lowest BCUT2D eigenvalue weighted by Gasteiger charge is -2.19. The molecule has 98 valence electrons. The molecule has 7 heteroatoms. The van der Waals surface area contributed by atoms with Crippen LogP contribution in [0.15, 0.2) is 23.2 Å². The highest BCUT2D eigenvalue weighted by molar-refractivity contribution is 7.89. The molecule has 0 aliphatic heterocycles. The third kappa shape index (κ3) is 3.26. The molecule has 0 fully saturated rings. The third-order valence-corrected chi connectivity index (χ3v) is 4.00. The number of sulfonamides is 1. The van der Waals surface area contributed by atoms with Gasteiger partial charge in [0, 0.05) is 12.2 Å². The zero-order valence-electron chi connectivity index (χ0n) is 10.2. The van der Waals surface area contributed by atoms with E-state index in [4.69, 9.17) is 10.4 Å². The van der Waals surface area contributed by atoms with Gasteiger partial charge in [-0.15, -0.1) is 0 Å². The lowest BCUT2D eigenvalue weighted by molar-refractivity contribution is 0.227. The van der Waals surface area contributed by atoms with E-state index < -0.39 is 16.1 Å². The number of rotatable bonds is 5. The Labute approximate surface area is 106 Å². The number of aliphatic hydroxyl groups excluding tert-OH is 1. The van der Waals surface area contributed by atoms with E-state index in [9.17, 15) is 8.42 Å². The van der Waals surface area contributed by atoms with Crippen molar-refractivity contribution in [1.29, 1.82) is 5.26 Å². The molecule has 1 atom stereocenters. The molecule has 18 heavy (non-hydrogen) atoms. The van der Waals surface area contributed by atoms with E-state index in [0.717, 1.165) is 0 Å². The van der Waals surface area contributed by atoms with Crippen molar-refractivity contribution in [3.63, 3.8) is 0 Å². The number of hydrogen-bond donors (Lipinski definition) is 2. The van der Waals surface area contributed by atoms with Gasteiger partial charge in [-0.2, -0.15) is 5.26 Å². The summed E-state index contributed by atoms with van der Waals surface area (Å²) in [4.78, 5) is 3.52. The lowest BCUT2D eigenvalue weighted by Crippen LogP contribution is -2.41. The fraction of sp³-hybridized carbons (Fsp3) is 0.455. The van der Waals surface area contributed by atoms with Crippen LogP contribution in [0.25, 0.3) is 0 Å². The molecule has 0 aliphatic rings. The van der Waals surface area contributed by atoms with Crippen LogP contribution in [0, 0.1) is 17.2 Å². The highest BCUT2D eigenvalue weighted by Crippen LogP contribution is 2.14. The summed E-state index contributed by atoms with van der Waals surface area (Å²) in [6.07, 6.45) is 1.35. The van der Waals surface area contributed by atoms with E-state index in [-0.39, 0.29) is 23.1 Å². The summed E-state index contributed by atoms with van der Waals surface area (Å²) < 4.78 is 26.5. The van der Waals surface area contributed by atoms with Gasteiger partial charge in [0.2, 0.25) is 10.0 Å². The maximum atomic E-state index is 12.1. The molecule has 0 aromatic carbocycles. The first-order valence-electron chi connectivity index (χ1n) is 5.40. The highest BCUT2D eigenvalue weighted by Gasteiger charge is 2.24. The summed E-state index contributed by atoms with van der Waals surface area (Å²) in [6.45, 7) is 3.27. The van der Waals surface area contributed by atoms with E-state index in [1.54, 1.807) is 19.9 Å². The smallest absolute Gasteiger partial charge is 0.243 e. The van der Waals surface area contributed by atoms with E-state index in [2.05, 4.69) is 9.71 Å². The van der Waals surface area contributed by atoms with Crippen LogP contribution in [-0.4, -0.2) is 31.2 Å². The van der Waals surface area contributed by atoms with Gasteiger partial charge in [0.05, 0.1) is 6.61 Å². The summed E-state index contributed by atoms with van der Waals surface area (Å²) in [7, 11) is -3.85. The minimum Gasteiger partial charge on any atom is -0.395 e. The van der Waals surface area contributed by atoms with Crippen molar-refractivity contribution < 1.29 is 13.5 Å². The van der Waals surface area contributed by atoms with Crippen molar-refractivity contribution in [2.45, 2.75) is 24.8 Å². The lowest BCUT2D eigenvalue weighted by atomic mass is 10.1. The molecule has 0 bridgehead atoms. The first-order chi connectivity index (χ1) is 8.42. The van der Waals surface area contributed by atoms with Gasteiger partial charge < -0.3 is 5.11 Å². The molecule has 1 aromatic rings. The number of nitriles is 1. The Kier molecular flexibility index (Phi) is 4.78. The fourth-order valence-electron chi connectivity index (χ4n) is 1.34. The predicted molar refractivity (Wildman–Crippen MR) is 65.0 cm³/mol. The van der Waals surface area contributed by atoms with Gasteiger partial charge in [-0.25, -0.2) is 18.1 Å². The van der Waals surface area contributed by atoms with Gasteiger partial charge in [-0.05, 0) is 18.1 Å². The monoisotopic (exact) mass is 269 g/mol. The van der Waals surface area contributed by atoms with Crippen molar-refractivity contribution in [2.24, 2.45) is 5.92 Å². The van der Waals surface area contributed by atoms with Gasteiger partial charge in [0.15, 0.2) is 5.69 Å². The molecule has 6 nitrogen and oxygen atoms in total. The summed E-state index contributed by atoms with van der Waals surface area (Å²) in [6, 6.07) is 3.89.